The van der Waals surface area contributed by atoms with E-state index in [0.717, 1.165) is 24.8 Å². The third-order valence-corrected chi connectivity index (χ3v) is 7.04. The summed E-state index contributed by atoms with van der Waals surface area (Å²) in [5.41, 5.74) is 11.0. The Labute approximate surface area is 240 Å². The largest absolute Gasteiger partial charge is 0.497 e. The number of carbonyl (C=O) groups excluding carboxylic acids is 2. The number of methoxy groups -OCH3 is 1. The van der Waals surface area contributed by atoms with Crippen LogP contribution in [-0.4, -0.2) is 47.5 Å². The molecule has 3 aromatic carbocycles. The maximum absolute atomic E-state index is 13.5. The van der Waals surface area contributed by atoms with Crippen LogP contribution in [0.5, 0.6) is 11.5 Å². The molecule has 1 amide bonds. The first-order chi connectivity index (χ1) is 18.9. The third-order valence-electron chi connectivity index (χ3n) is 6.31. The third kappa shape index (κ3) is 7.26. The highest BCUT2D eigenvalue weighted by Crippen LogP contribution is 2.28. The van der Waals surface area contributed by atoms with Gasteiger partial charge in [0.15, 0.2) is 0 Å². The average Bonchev–Trinajstić information content (AvgIpc) is 2.96. The van der Waals surface area contributed by atoms with Crippen molar-refractivity contribution in [1.82, 2.24) is 4.90 Å². The Balaban J connectivity index is 1.60. The van der Waals surface area contributed by atoms with Crippen molar-refractivity contribution in [2.24, 2.45) is 0 Å². The van der Waals surface area contributed by atoms with Gasteiger partial charge in [-0.25, -0.2) is 4.79 Å². The van der Waals surface area contributed by atoms with Gasteiger partial charge in [0.05, 0.1) is 7.11 Å². The van der Waals surface area contributed by atoms with Crippen molar-refractivity contribution in [3.8, 4) is 11.5 Å². The van der Waals surface area contributed by atoms with Gasteiger partial charge < -0.3 is 24.6 Å². The van der Waals surface area contributed by atoms with Crippen LogP contribution in [0.4, 0.5) is 0 Å². The summed E-state index contributed by atoms with van der Waals surface area (Å²) < 4.78 is 17.5. The van der Waals surface area contributed by atoms with E-state index in [1.165, 1.54) is 0 Å². The van der Waals surface area contributed by atoms with Crippen LogP contribution in [-0.2, 0) is 20.9 Å². The fourth-order valence-corrected chi connectivity index (χ4v) is 4.83. The molecule has 1 saturated heterocycles. The lowest BCUT2D eigenvalue weighted by atomic mass is 10.0. The number of carbonyl (C=O) groups is 2. The minimum atomic E-state index is -1.26. The zero-order valence-corrected chi connectivity index (χ0v) is 23.7. The quantitative estimate of drug-likeness (QED) is 0.128. The Bertz CT molecular complexity index is 1390. The maximum atomic E-state index is 13.5. The molecule has 0 radical (unpaired) electrons. The highest BCUT2D eigenvalue weighted by atomic mass is 79.9. The predicted octanol–water partition coefficient (Wildman–Crippen LogP) is 6.01. The average molecular weight is 613 g/mol. The van der Waals surface area contributed by atoms with Gasteiger partial charge in [-0.1, -0.05) is 51.8 Å². The molecule has 202 valence electrons. The zero-order valence-electron chi connectivity index (χ0n) is 21.3. The first-order valence-corrected chi connectivity index (χ1v) is 13.6. The lowest BCUT2D eigenvalue weighted by Gasteiger charge is -2.30. The van der Waals surface area contributed by atoms with Crippen LogP contribution >= 0.6 is 27.5 Å². The van der Waals surface area contributed by atoms with E-state index in [4.69, 9.17) is 25.8 Å². The number of halogens is 2. The molecule has 4 rings (SSSR count). The molecule has 39 heavy (non-hydrogen) atoms. The van der Waals surface area contributed by atoms with Crippen LogP contribution in [0.25, 0.3) is 5.53 Å². The van der Waals surface area contributed by atoms with Crippen molar-refractivity contribution in [1.29, 1.82) is 0 Å². The number of hydrogen-bond acceptors (Lipinski definition) is 5. The normalized spacial score (nSPS) is 13.7. The Morgan fingerprint density at radius 2 is 1.79 bits per heavy atom. The van der Waals surface area contributed by atoms with Crippen molar-refractivity contribution >= 4 is 45.1 Å². The summed E-state index contributed by atoms with van der Waals surface area (Å²) in [4.78, 5) is 31.8. The first-order valence-electron chi connectivity index (χ1n) is 12.4. The van der Waals surface area contributed by atoms with E-state index in [2.05, 4.69) is 20.7 Å². The van der Waals surface area contributed by atoms with Gasteiger partial charge in [-0.15, -0.1) is 0 Å². The van der Waals surface area contributed by atoms with Crippen LogP contribution in [0.15, 0.2) is 71.2 Å². The monoisotopic (exact) mass is 611 g/mol. The van der Waals surface area contributed by atoms with Crippen LogP contribution in [0.2, 0.25) is 5.02 Å². The molecule has 0 saturated carbocycles. The SMILES string of the molecule is COc1ccc(COc2ccc(Br)cc2C(=[N+]=[N-])C(=O)O[C@@H](C(=O)N2CCCCC2)c2cccc(Cl)c2)cc1. The van der Waals surface area contributed by atoms with Gasteiger partial charge in [0.2, 0.25) is 6.10 Å². The summed E-state index contributed by atoms with van der Waals surface area (Å²) >= 11 is 9.58. The molecule has 0 unspecified atom stereocenters. The fraction of sp³-hybridized carbons (Fsp3) is 0.276. The molecule has 1 aliphatic heterocycles. The van der Waals surface area contributed by atoms with Gasteiger partial charge in [-0.2, -0.15) is 4.79 Å². The lowest BCUT2D eigenvalue weighted by Crippen LogP contribution is -2.41. The van der Waals surface area contributed by atoms with E-state index in [9.17, 15) is 15.1 Å². The van der Waals surface area contributed by atoms with Crippen molar-refractivity contribution in [2.45, 2.75) is 32.0 Å². The number of esters is 1. The van der Waals surface area contributed by atoms with E-state index >= 15 is 0 Å². The molecule has 0 N–H and O–H groups in total. The molecule has 1 aliphatic rings. The summed E-state index contributed by atoms with van der Waals surface area (Å²) in [6.07, 6.45) is 1.52. The van der Waals surface area contributed by atoms with Gasteiger partial charge in [-0.05, 0) is 67.3 Å². The molecular formula is C29H27BrClN3O5. The number of piperidine rings is 1. The number of benzene rings is 3. The summed E-state index contributed by atoms with van der Waals surface area (Å²) in [6.45, 7) is 1.33. The Morgan fingerprint density at radius 3 is 2.46 bits per heavy atom. The van der Waals surface area contributed by atoms with E-state index in [-0.39, 0.29) is 18.1 Å². The Hall–Kier alpha value is -3.65. The number of ether oxygens (including phenoxy) is 3. The van der Waals surface area contributed by atoms with Gasteiger partial charge in [0.1, 0.15) is 23.7 Å². The van der Waals surface area contributed by atoms with Gasteiger partial charge >= 0.3 is 11.7 Å². The minimum absolute atomic E-state index is 0.185. The second-order valence-corrected chi connectivity index (χ2v) is 10.3. The topological polar surface area (TPSA) is 101 Å². The van der Waals surface area contributed by atoms with Crippen molar-refractivity contribution < 1.29 is 28.6 Å². The number of hydrogen-bond donors (Lipinski definition) is 0. The van der Waals surface area contributed by atoms with E-state index in [0.29, 0.717) is 39.6 Å². The summed E-state index contributed by atoms with van der Waals surface area (Å²) in [6, 6.07) is 18.9. The fourth-order valence-electron chi connectivity index (χ4n) is 4.27. The molecule has 10 heteroatoms. The van der Waals surface area contributed by atoms with Crippen molar-refractivity contribution in [2.75, 3.05) is 20.2 Å². The van der Waals surface area contributed by atoms with Gasteiger partial charge in [0.25, 0.3) is 5.91 Å². The summed E-state index contributed by atoms with van der Waals surface area (Å²) in [5, 5.41) is 0.400. The van der Waals surface area contributed by atoms with E-state index in [1.54, 1.807) is 54.5 Å². The van der Waals surface area contributed by atoms with E-state index in [1.807, 2.05) is 24.3 Å². The molecule has 3 aromatic rings. The van der Waals surface area contributed by atoms with Crippen molar-refractivity contribution in [3.63, 3.8) is 0 Å². The van der Waals surface area contributed by atoms with E-state index < -0.39 is 17.8 Å². The number of nitrogens with zero attached hydrogens (tertiary/aromatic N) is 3. The van der Waals surface area contributed by atoms with Gasteiger partial charge in [-0.3, -0.25) is 4.79 Å². The molecule has 0 aliphatic carbocycles. The molecule has 0 spiro atoms. The predicted molar refractivity (Wildman–Crippen MR) is 150 cm³/mol. The number of rotatable bonds is 9. The maximum Gasteiger partial charge on any atom is 0.423 e. The Kier molecular flexibility index (Phi) is 9.76. The van der Waals surface area contributed by atoms with Crippen LogP contribution in [0, 0.1) is 0 Å². The molecule has 1 atom stereocenters. The minimum Gasteiger partial charge on any atom is -0.497 e. The summed E-state index contributed by atoms with van der Waals surface area (Å²) in [7, 11) is 1.59. The van der Waals surface area contributed by atoms with Crippen molar-refractivity contribution in [3.05, 3.63) is 98.4 Å². The highest BCUT2D eigenvalue weighted by Gasteiger charge is 2.36. The zero-order chi connectivity index (χ0) is 27.8. The Morgan fingerprint density at radius 1 is 1.05 bits per heavy atom. The standard InChI is InChI=1S/C29H27BrClN3O5/c1-37-23-11-8-19(9-12-23)18-38-25-13-10-21(30)17-24(25)26(33-32)29(36)39-27(20-6-5-7-22(31)16-20)28(35)34-14-3-2-4-15-34/h5-13,16-17,27H,2-4,14-15,18H2,1H3/t27-/m1/s1. The second kappa shape index (κ2) is 13.4. The number of likely N-dealkylation sites (tertiary alicyclic amines) is 1. The second-order valence-electron chi connectivity index (χ2n) is 8.95. The number of amides is 1. The molecule has 1 heterocycles. The van der Waals surface area contributed by atoms with Crippen LogP contribution < -0.4 is 9.47 Å². The van der Waals surface area contributed by atoms with Crippen LogP contribution in [0.1, 0.15) is 42.1 Å². The first kappa shape index (κ1) is 28.4. The van der Waals surface area contributed by atoms with Crippen LogP contribution in [0.3, 0.4) is 0 Å². The smallest absolute Gasteiger partial charge is 0.423 e. The van der Waals surface area contributed by atoms with Gasteiger partial charge in [0, 0.05) is 28.1 Å². The lowest BCUT2D eigenvalue weighted by molar-refractivity contribution is -0.158. The molecule has 8 nitrogen and oxygen atoms in total. The molecule has 0 aromatic heterocycles. The molecule has 0 bridgehead atoms. The molecule has 1 fully saturated rings. The summed E-state index contributed by atoms with van der Waals surface area (Å²) in [5.74, 6) is -0.331. The molecular weight excluding hydrogens is 586 g/mol. The highest BCUT2D eigenvalue weighted by molar-refractivity contribution is 9.10.